The zero-order valence-corrected chi connectivity index (χ0v) is 17.1. The molecule has 5 rings (SSSR count). The molecule has 0 bridgehead atoms. The topological polar surface area (TPSA) is 86.6 Å². The molecule has 0 atom stereocenters. The Morgan fingerprint density at radius 1 is 0.967 bits per heavy atom. The number of H-pyrrole nitrogens is 2. The summed E-state index contributed by atoms with van der Waals surface area (Å²) in [5.74, 6) is 1.29. The van der Waals surface area contributed by atoms with Crippen LogP contribution in [0, 0.1) is 6.92 Å². The van der Waals surface area contributed by atoms with Gasteiger partial charge in [0.1, 0.15) is 11.6 Å². The monoisotopic (exact) mass is 396 g/mol. The summed E-state index contributed by atoms with van der Waals surface area (Å²) in [6, 6.07) is 21.2. The SMILES string of the molecule is CCN(Cc1ccc2[nH]c(-c3cc(N)nc4nc(C)[nH]c34)cc2c1)c1ccccc1. The standard InChI is InChI=1S/C24H24N6/c1-3-30(18-7-5-4-6-8-18)14-16-9-10-20-17(11-16)12-21(28-20)19-13-22(25)29-24-23(19)26-15(2)27-24/h4-13,28H,3,14H2,1-2H3,(H3,25,26,27,29). The Balaban J connectivity index is 1.52. The highest BCUT2D eigenvalue weighted by molar-refractivity contribution is 5.95. The maximum absolute atomic E-state index is 6.03. The lowest BCUT2D eigenvalue weighted by molar-refractivity contribution is 0.833. The Bertz CT molecular complexity index is 1330. The lowest BCUT2D eigenvalue weighted by Crippen LogP contribution is -2.21. The fourth-order valence-corrected chi connectivity index (χ4v) is 4.01. The number of hydrogen-bond donors (Lipinski definition) is 3. The van der Waals surface area contributed by atoms with Gasteiger partial charge in [-0.3, -0.25) is 0 Å². The summed E-state index contributed by atoms with van der Waals surface area (Å²) < 4.78 is 0. The minimum absolute atomic E-state index is 0.463. The fraction of sp³-hybridized carbons (Fsp3) is 0.167. The number of nitrogens with zero attached hydrogens (tertiary/aromatic N) is 3. The molecule has 6 nitrogen and oxygen atoms in total. The predicted octanol–water partition coefficient (Wildman–Crippen LogP) is 5.02. The van der Waals surface area contributed by atoms with Crippen molar-refractivity contribution in [3.05, 3.63) is 72.1 Å². The number of hydrogen-bond acceptors (Lipinski definition) is 4. The summed E-state index contributed by atoms with van der Waals surface area (Å²) in [6.45, 7) is 5.92. The lowest BCUT2D eigenvalue weighted by atomic mass is 10.1. The third kappa shape index (κ3) is 3.26. The number of rotatable bonds is 5. The molecule has 30 heavy (non-hydrogen) atoms. The van der Waals surface area contributed by atoms with E-state index in [2.05, 4.69) is 86.4 Å². The number of nitrogen functional groups attached to an aromatic ring is 1. The minimum atomic E-state index is 0.463. The average Bonchev–Trinajstić information content (AvgIpc) is 3.34. The Labute approximate surface area is 174 Å². The number of nitrogens with one attached hydrogen (secondary N) is 2. The van der Waals surface area contributed by atoms with Crippen LogP contribution in [0.25, 0.3) is 33.3 Å². The molecule has 0 radical (unpaired) electrons. The van der Waals surface area contributed by atoms with E-state index in [0.29, 0.717) is 11.5 Å². The van der Waals surface area contributed by atoms with Crippen molar-refractivity contribution in [1.29, 1.82) is 0 Å². The van der Waals surface area contributed by atoms with Gasteiger partial charge >= 0.3 is 0 Å². The number of imidazole rings is 1. The van der Waals surface area contributed by atoms with Gasteiger partial charge in [-0.05, 0) is 55.8 Å². The van der Waals surface area contributed by atoms with Crippen LogP contribution < -0.4 is 10.6 Å². The summed E-state index contributed by atoms with van der Waals surface area (Å²) in [4.78, 5) is 18.0. The number of para-hydroxylation sites is 1. The second-order valence-electron chi connectivity index (χ2n) is 7.57. The van der Waals surface area contributed by atoms with Crippen molar-refractivity contribution in [1.82, 2.24) is 19.9 Å². The average molecular weight is 396 g/mol. The number of aromatic nitrogens is 4. The smallest absolute Gasteiger partial charge is 0.180 e. The molecule has 0 aliphatic rings. The van der Waals surface area contributed by atoms with Gasteiger partial charge in [0.05, 0.1) is 5.52 Å². The molecule has 0 unspecified atom stereocenters. The van der Waals surface area contributed by atoms with Crippen molar-refractivity contribution in [3.8, 4) is 11.3 Å². The lowest BCUT2D eigenvalue weighted by Gasteiger charge is -2.23. The van der Waals surface area contributed by atoms with Crippen molar-refractivity contribution in [2.24, 2.45) is 0 Å². The molecule has 0 saturated carbocycles. The van der Waals surface area contributed by atoms with E-state index in [1.54, 1.807) is 0 Å². The fourth-order valence-electron chi connectivity index (χ4n) is 4.01. The van der Waals surface area contributed by atoms with Gasteiger partial charge in [-0.1, -0.05) is 24.3 Å². The Kier molecular flexibility index (Phi) is 4.39. The molecule has 0 spiro atoms. The summed E-state index contributed by atoms with van der Waals surface area (Å²) >= 11 is 0. The van der Waals surface area contributed by atoms with E-state index in [0.717, 1.165) is 41.2 Å². The molecule has 6 heteroatoms. The van der Waals surface area contributed by atoms with Crippen LogP contribution in [0.5, 0.6) is 0 Å². The molecule has 0 saturated heterocycles. The number of pyridine rings is 1. The summed E-state index contributed by atoms with van der Waals surface area (Å²) in [5, 5.41) is 1.17. The molecule has 4 N–H and O–H groups in total. The van der Waals surface area contributed by atoms with Gasteiger partial charge in [0.2, 0.25) is 0 Å². The highest BCUT2D eigenvalue weighted by atomic mass is 15.1. The van der Waals surface area contributed by atoms with Gasteiger partial charge < -0.3 is 20.6 Å². The number of anilines is 2. The van der Waals surface area contributed by atoms with Crippen molar-refractivity contribution >= 4 is 33.6 Å². The van der Waals surface area contributed by atoms with Crippen molar-refractivity contribution in [2.45, 2.75) is 20.4 Å². The quantitative estimate of drug-likeness (QED) is 0.389. The van der Waals surface area contributed by atoms with Gasteiger partial charge in [-0.15, -0.1) is 0 Å². The van der Waals surface area contributed by atoms with E-state index >= 15 is 0 Å². The van der Waals surface area contributed by atoms with Crippen LogP contribution in [0.2, 0.25) is 0 Å². The highest BCUT2D eigenvalue weighted by Crippen LogP contribution is 2.31. The van der Waals surface area contributed by atoms with Crippen LogP contribution in [0.4, 0.5) is 11.5 Å². The second kappa shape index (κ2) is 7.22. The van der Waals surface area contributed by atoms with Crippen LogP contribution in [-0.2, 0) is 6.54 Å². The first-order valence-electron chi connectivity index (χ1n) is 10.2. The van der Waals surface area contributed by atoms with Gasteiger partial charge in [0.15, 0.2) is 5.65 Å². The maximum Gasteiger partial charge on any atom is 0.180 e. The van der Waals surface area contributed by atoms with Crippen LogP contribution in [-0.4, -0.2) is 26.5 Å². The maximum atomic E-state index is 6.03. The van der Waals surface area contributed by atoms with Crippen molar-refractivity contribution in [2.75, 3.05) is 17.2 Å². The third-order valence-electron chi connectivity index (χ3n) is 5.45. The molecule has 3 heterocycles. The number of benzene rings is 2. The molecular formula is C24H24N6. The van der Waals surface area contributed by atoms with E-state index in [4.69, 9.17) is 5.73 Å². The first-order chi connectivity index (χ1) is 14.6. The van der Waals surface area contributed by atoms with Crippen LogP contribution in [0.3, 0.4) is 0 Å². The van der Waals surface area contributed by atoms with Gasteiger partial charge in [0, 0.05) is 40.9 Å². The summed E-state index contributed by atoms with van der Waals surface area (Å²) in [5.41, 5.74) is 13.2. The largest absolute Gasteiger partial charge is 0.384 e. The zero-order valence-electron chi connectivity index (χ0n) is 17.1. The van der Waals surface area contributed by atoms with E-state index < -0.39 is 0 Å². The van der Waals surface area contributed by atoms with Crippen molar-refractivity contribution < 1.29 is 0 Å². The van der Waals surface area contributed by atoms with Crippen LogP contribution >= 0.6 is 0 Å². The Morgan fingerprint density at radius 3 is 2.60 bits per heavy atom. The summed E-state index contributed by atoms with van der Waals surface area (Å²) in [6.07, 6.45) is 0. The normalized spacial score (nSPS) is 11.4. The number of nitrogens with two attached hydrogens (primary N) is 1. The molecule has 0 aliphatic carbocycles. The predicted molar refractivity (Wildman–Crippen MR) is 123 cm³/mol. The van der Waals surface area contributed by atoms with Crippen LogP contribution in [0.15, 0.2) is 60.7 Å². The summed E-state index contributed by atoms with van der Waals surface area (Å²) in [7, 11) is 0. The third-order valence-corrected chi connectivity index (χ3v) is 5.45. The molecular weight excluding hydrogens is 372 g/mol. The molecule has 0 aliphatic heterocycles. The molecule has 3 aromatic heterocycles. The Hall–Kier alpha value is -3.80. The highest BCUT2D eigenvalue weighted by Gasteiger charge is 2.13. The zero-order chi connectivity index (χ0) is 20.7. The Morgan fingerprint density at radius 2 is 1.80 bits per heavy atom. The van der Waals surface area contributed by atoms with Gasteiger partial charge in [-0.2, -0.15) is 0 Å². The van der Waals surface area contributed by atoms with Crippen LogP contribution in [0.1, 0.15) is 18.3 Å². The van der Waals surface area contributed by atoms with E-state index in [1.165, 1.54) is 16.6 Å². The molecule has 0 fully saturated rings. The molecule has 150 valence electrons. The van der Waals surface area contributed by atoms with Gasteiger partial charge in [0.25, 0.3) is 0 Å². The van der Waals surface area contributed by atoms with E-state index in [9.17, 15) is 0 Å². The minimum Gasteiger partial charge on any atom is -0.384 e. The van der Waals surface area contributed by atoms with E-state index in [1.807, 2.05) is 13.0 Å². The number of fused-ring (bicyclic) bond motifs is 2. The molecule has 5 aromatic rings. The number of aromatic amines is 2. The van der Waals surface area contributed by atoms with Crippen molar-refractivity contribution in [3.63, 3.8) is 0 Å². The molecule has 2 aromatic carbocycles. The van der Waals surface area contributed by atoms with Gasteiger partial charge in [-0.25, -0.2) is 9.97 Å². The first kappa shape index (κ1) is 18.2. The van der Waals surface area contributed by atoms with E-state index in [-0.39, 0.29) is 0 Å². The first-order valence-corrected chi connectivity index (χ1v) is 10.2. The second-order valence-corrected chi connectivity index (χ2v) is 7.57. The number of aryl methyl sites for hydroxylation is 1. The molecule has 0 amide bonds.